The molecule has 244 valence electrons. The summed E-state index contributed by atoms with van der Waals surface area (Å²) in [5, 5.41) is 13.3. The molecular formula is C37H45Cl2N2O3Ru-. The number of nitro groups is 1. The van der Waals surface area contributed by atoms with Gasteiger partial charge in [-0.2, -0.15) is 0 Å². The first-order valence-corrected chi connectivity index (χ1v) is 21.1. The maximum atomic E-state index is 10.7. The fourth-order valence-corrected chi connectivity index (χ4v) is 8.41. The van der Waals surface area contributed by atoms with Crippen molar-refractivity contribution in [3.63, 3.8) is 0 Å². The number of ether oxygens (including phenoxy) is 1. The maximum Gasteiger partial charge on any atom is 0.00420 e. The molecule has 2 aliphatic rings. The van der Waals surface area contributed by atoms with Gasteiger partial charge in [0.25, 0.3) is 0 Å². The first-order valence-electron chi connectivity index (χ1n) is 15.6. The molecule has 1 aliphatic heterocycles. The van der Waals surface area contributed by atoms with Crippen LogP contribution in [0.3, 0.4) is 0 Å². The number of allylic oxidation sites excluding steroid dienone is 4. The number of rotatable bonds is 8. The Morgan fingerprint density at radius 3 is 2.42 bits per heavy atom. The van der Waals surface area contributed by atoms with Gasteiger partial charge in [-0.05, 0) is 67.5 Å². The smallest absolute Gasteiger partial charge is 0.00420 e. The maximum absolute atomic E-state index is 10.7. The first-order chi connectivity index (χ1) is 21.3. The number of fused-ring (bicyclic) bond motifs is 1. The second-order valence-electron chi connectivity index (χ2n) is 12.9. The first kappa shape index (κ1) is 35.3. The number of non-ortho nitro benzene ring substituents is 1. The van der Waals surface area contributed by atoms with Gasteiger partial charge in [0.15, 0.2) is 0 Å². The normalized spacial score (nSPS) is 21.1. The topological polar surface area (TPSA) is 55.6 Å². The Morgan fingerprint density at radius 2 is 1.80 bits per heavy atom. The molecule has 0 aromatic heterocycles. The van der Waals surface area contributed by atoms with Gasteiger partial charge in [-0.1, -0.05) is 81.0 Å². The molecule has 1 heterocycles. The second-order valence-corrected chi connectivity index (χ2v) is 18.7. The predicted molar refractivity (Wildman–Crippen MR) is 187 cm³/mol. The van der Waals surface area contributed by atoms with Crippen molar-refractivity contribution in [3.8, 4) is 5.75 Å². The van der Waals surface area contributed by atoms with Crippen LogP contribution in [0.1, 0.15) is 85.3 Å². The van der Waals surface area contributed by atoms with Crippen LogP contribution in [0.2, 0.25) is 0 Å². The summed E-state index contributed by atoms with van der Waals surface area (Å²) in [4.78, 5) is 12.9. The number of benzene rings is 3. The monoisotopic (exact) mass is 737 g/mol. The zero-order valence-corrected chi connectivity index (χ0v) is 30.5. The molecule has 3 aromatic rings. The molecule has 1 unspecified atom stereocenters. The van der Waals surface area contributed by atoms with Gasteiger partial charge in [-0.15, -0.1) is 5.41 Å². The minimum Gasteiger partial charge on any atom is -0.520 e. The van der Waals surface area contributed by atoms with Gasteiger partial charge in [0, 0.05) is 5.54 Å². The molecule has 45 heavy (non-hydrogen) atoms. The molecular weight excluding hydrogens is 692 g/mol. The van der Waals surface area contributed by atoms with Crippen molar-refractivity contribution in [2.24, 2.45) is 5.92 Å². The minimum absolute atomic E-state index is 0.00360. The second kappa shape index (κ2) is 14.9. The zero-order valence-electron chi connectivity index (χ0n) is 27.3. The van der Waals surface area contributed by atoms with Crippen LogP contribution < -0.4 is 4.74 Å². The van der Waals surface area contributed by atoms with Crippen molar-refractivity contribution in [2.75, 3.05) is 0 Å². The predicted octanol–water partition coefficient (Wildman–Crippen LogP) is 10.9. The number of hydrogen-bond acceptors (Lipinski definition) is 4. The van der Waals surface area contributed by atoms with E-state index in [0.29, 0.717) is 17.2 Å². The Kier molecular flexibility index (Phi) is 11.7. The van der Waals surface area contributed by atoms with Crippen molar-refractivity contribution in [1.82, 2.24) is 4.90 Å². The van der Waals surface area contributed by atoms with E-state index < -0.39 is 18.4 Å². The summed E-state index contributed by atoms with van der Waals surface area (Å²) in [6.07, 6.45) is 9.35. The third-order valence-electron chi connectivity index (χ3n) is 8.62. The van der Waals surface area contributed by atoms with Gasteiger partial charge in [0.2, 0.25) is 0 Å². The van der Waals surface area contributed by atoms with Crippen LogP contribution in [-0.2, 0) is 18.9 Å². The third-order valence-corrected chi connectivity index (χ3v) is 10.5. The van der Waals surface area contributed by atoms with E-state index in [-0.39, 0.29) is 22.7 Å². The van der Waals surface area contributed by atoms with E-state index in [1.165, 1.54) is 46.9 Å². The quantitative estimate of drug-likeness (QED) is 0.1000. The van der Waals surface area contributed by atoms with Crippen LogP contribution in [0, 0.1) is 22.6 Å². The van der Waals surface area contributed by atoms with Gasteiger partial charge in [-0.3, -0.25) is 0 Å². The molecule has 3 aromatic carbocycles. The summed E-state index contributed by atoms with van der Waals surface area (Å²) in [5.41, 5.74) is 5.27. The van der Waals surface area contributed by atoms with E-state index in [1.807, 2.05) is 13.8 Å². The summed E-state index contributed by atoms with van der Waals surface area (Å²) >= 11 is -2.05. The Hall–Kier alpha value is -2.53. The van der Waals surface area contributed by atoms with Crippen LogP contribution in [0.5, 0.6) is 5.75 Å². The molecule has 8 heteroatoms. The summed E-state index contributed by atoms with van der Waals surface area (Å²) in [6, 6.07) is 20.1. The largest absolute Gasteiger partial charge is 0.520 e. The average molecular weight is 738 g/mol. The number of likely N-dealkylation sites (tertiary alicyclic amines) is 1. The molecule has 1 saturated heterocycles. The van der Waals surface area contributed by atoms with Crippen molar-refractivity contribution >= 4 is 40.5 Å². The summed E-state index contributed by atoms with van der Waals surface area (Å²) in [6.45, 7) is 18.2. The van der Waals surface area contributed by atoms with E-state index in [0.717, 1.165) is 12.8 Å². The summed E-state index contributed by atoms with van der Waals surface area (Å²) in [5.74, 6) is 1.19. The number of nitro benzene ring substituents is 1. The van der Waals surface area contributed by atoms with E-state index in [1.54, 1.807) is 16.4 Å². The number of hydrogen-bond donors (Lipinski definition) is 0. The molecule has 0 N–H and O–H groups in total. The van der Waals surface area contributed by atoms with Crippen LogP contribution in [0.15, 0.2) is 84.1 Å². The molecule has 0 radical (unpaired) electrons. The number of halogens is 2. The fraction of sp³-hybridized carbons (Fsp3) is 0.405. The van der Waals surface area contributed by atoms with Gasteiger partial charge in [0.1, 0.15) is 0 Å². The van der Waals surface area contributed by atoms with Crippen molar-refractivity contribution in [2.45, 2.75) is 91.2 Å². The molecule has 0 spiro atoms. The molecule has 2 atom stereocenters. The molecule has 5 nitrogen and oxygen atoms in total. The molecule has 0 bridgehead atoms. The van der Waals surface area contributed by atoms with Gasteiger partial charge >= 0.3 is 112 Å². The molecule has 1 fully saturated rings. The fourth-order valence-electron chi connectivity index (χ4n) is 6.62. The Labute approximate surface area is 281 Å². The van der Waals surface area contributed by atoms with E-state index in [2.05, 4.69) is 101 Å². The van der Waals surface area contributed by atoms with Crippen LogP contribution >= 0.6 is 19.4 Å². The standard InChI is InChI=1S/C27H34N.C10H11NO3.2ClH.Ru/c1-6-20-13-10-14-21(7-2)25(20)28-19-27(5,18-26(28,3)4)24-16-15-22-11-8-9-12-23(22)17-24;1-7(2)14-10-5-4-9(11(12)13)6-8(10)3;;;/h8-13,15-17,19,21H,6-7,14,18H2,1-5H3;3-7H,1-2H3;2*1H;/q-1;;;;+2/p-2/t21-,27?;;;;/m0..../s1. The molecule has 5 rings (SSSR count). The third kappa shape index (κ3) is 8.45. The van der Waals surface area contributed by atoms with Crippen LogP contribution in [-0.4, -0.2) is 26.1 Å². The minimum atomic E-state index is -2.05. The van der Waals surface area contributed by atoms with Gasteiger partial charge in [-0.25, -0.2) is 6.54 Å². The molecule has 1 aliphatic carbocycles. The van der Waals surface area contributed by atoms with E-state index in [4.69, 9.17) is 24.1 Å². The summed E-state index contributed by atoms with van der Waals surface area (Å²) < 4.78 is 7.17. The molecule has 0 amide bonds. The molecule has 0 saturated carbocycles. The Morgan fingerprint density at radius 1 is 1.09 bits per heavy atom. The summed E-state index contributed by atoms with van der Waals surface area (Å²) in [7, 11) is 11.6. The van der Waals surface area contributed by atoms with Crippen molar-refractivity contribution in [1.29, 1.82) is 0 Å². The van der Waals surface area contributed by atoms with Crippen molar-refractivity contribution in [3.05, 3.63) is 112 Å². The van der Waals surface area contributed by atoms with Crippen LogP contribution in [0.25, 0.3) is 10.8 Å². The van der Waals surface area contributed by atoms with Gasteiger partial charge in [0.05, 0.1) is 0 Å². The van der Waals surface area contributed by atoms with E-state index in [9.17, 15) is 10.1 Å². The SMILES string of the molecule is CC(C)Oc1ccc([N+](=O)[O-])cc1[CH]=[Ru]([Cl])[Cl].CCC1=C(N2[CH-]C(C)(c3ccc4ccccc4c3)CC2(C)C)[C@@H](CC)CC=C1. The van der Waals surface area contributed by atoms with E-state index >= 15 is 0 Å². The number of nitrogens with zero attached hydrogens (tertiary/aromatic N) is 2. The van der Waals surface area contributed by atoms with Crippen LogP contribution in [0.4, 0.5) is 5.69 Å². The van der Waals surface area contributed by atoms with Crippen molar-refractivity contribution < 1.29 is 23.2 Å². The zero-order chi connectivity index (χ0) is 32.9. The van der Waals surface area contributed by atoms with Gasteiger partial charge < -0.3 is 4.90 Å². The average Bonchev–Trinajstić information content (AvgIpc) is 3.25. The Bertz CT molecular complexity index is 1630. The Balaban J connectivity index is 0.000000233.